The fourth-order valence-corrected chi connectivity index (χ4v) is 2.41. The highest BCUT2D eigenvalue weighted by Gasteiger charge is 2.21. The topological polar surface area (TPSA) is 46.3 Å². The lowest BCUT2D eigenvalue weighted by molar-refractivity contribution is 0.0714. The lowest BCUT2D eigenvalue weighted by atomic mass is 10.1. The number of hydrogen-bond acceptors (Lipinski definition) is 2. The Hall–Kier alpha value is -0.580. The second-order valence-electron chi connectivity index (χ2n) is 4.26. The molecule has 5 heteroatoms. The van der Waals surface area contributed by atoms with Crippen molar-refractivity contribution in [1.82, 2.24) is 4.90 Å². The van der Waals surface area contributed by atoms with Gasteiger partial charge in [-0.15, -0.1) is 0 Å². The van der Waals surface area contributed by atoms with Crippen molar-refractivity contribution >= 4 is 33.4 Å². The molecule has 2 rings (SSSR count). The summed E-state index contributed by atoms with van der Waals surface area (Å²) in [6, 6.07) is 5.48. The number of nitrogens with zero attached hydrogens (tertiary/aromatic N) is 1. The summed E-state index contributed by atoms with van der Waals surface area (Å²) in [5.74, 6) is 0.0502. The average Bonchev–Trinajstić information content (AvgIpc) is 2.33. The molecule has 92 valence electrons. The summed E-state index contributed by atoms with van der Waals surface area (Å²) in [4.78, 5) is 14.0. The van der Waals surface area contributed by atoms with Gasteiger partial charge in [0.05, 0.1) is 5.02 Å². The maximum atomic E-state index is 12.2. The van der Waals surface area contributed by atoms with E-state index in [1.54, 1.807) is 18.2 Å². The molecule has 17 heavy (non-hydrogen) atoms. The van der Waals surface area contributed by atoms with Crippen LogP contribution in [0.15, 0.2) is 22.7 Å². The second-order valence-corrected chi connectivity index (χ2v) is 5.52. The molecule has 0 bridgehead atoms. The molecule has 0 saturated carbocycles. The van der Waals surface area contributed by atoms with Crippen molar-refractivity contribution in [1.29, 1.82) is 0 Å². The summed E-state index contributed by atoms with van der Waals surface area (Å²) in [5, 5.41) is 0.613. The zero-order chi connectivity index (χ0) is 12.4. The number of piperidine rings is 1. The van der Waals surface area contributed by atoms with E-state index in [1.807, 2.05) is 4.90 Å². The molecular weight excluding hydrogens is 304 g/mol. The minimum absolute atomic E-state index is 0.0502. The van der Waals surface area contributed by atoms with Crippen LogP contribution < -0.4 is 5.73 Å². The quantitative estimate of drug-likeness (QED) is 0.865. The normalized spacial score (nSPS) is 17.2. The highest BCUT2D eigenvalue weighted by Crippen LogP contribution is 2.24. The minimum atomic E-state index is 0.0502. The van der Waals surface area contributed by atoms with Crippen LogP contribution in [0.1, 0.15) is 23.2 Å². The van der Waals surface area contributed by atoms with Crippen LogP contribution in [0.3, 0.4) is 0 Å². The third-order valence-corrected chi connectivity index (χ3v) is 4.21. The van der Waals surface area contributed by atoms with Gasteiger partial charge in [-0.25, -0.2) is 0 Å². The molecule has 1 aromatic rings. The molecule has 0 aliphatic carbocycles. The van der Waals surface area contributed by atoms with Gasteiger partial charge in [0, 0.05) is 29.2 Å². The number of likely N-dealkylation sites (tertiary alicyclic amines) is 1. The van der Waals surface area contributed by atoms with Crippen LogP contribution in [0.5, 0.6) is 0 Å². The molecule has 1 saturated heterocycles. The molecule has 0 aromatic heterocycles. The van der Waals surface area contributed by atoms with E-state index < -0.39 is 0 Å². The Morgan fingerprint density at radius 2 is 2.06 bits per heavy atom. The Balaban J connectivity index is 2.11. The van der Waals surface area contributed by atoms with Gasteiger partial charge in [0.15, 0.2) is 0 Å². The highest BCUT2D eigenvalue weighted by molar-refractivity contribution is 9.10. The molecule has 3 nitrogen and oxygen atoms in total. The van der Waals surface area contributed by atoms with Crippen LogP contribution in [-0.4, -0.2) is 29.9 Å². The minimum Gasteiger partial charge on any atom is -0.339 e. The van der Waals surface area contributed by atoms with Gasteiger partial charge in [-0.05, 0) is 47.0 Å². The van der Waals surface area contributed by atoms with E-state index in [0.717, 1.165) is 30.4 Å². The fourth-order valence-electron chi connectivity index (χ4n) is 1.91. The van der Waals surface area contributed by atoms with Crippen molar-refractivity contribution in [3.63, 3.8) is 0 Å². The Bertz CT molecular complexity index is 431. The van der Waals surface area contributed by atoms with Gasteiger partial charge in [0.25, 0.3) is 5.91 Å². The van der Waals surface area contributed by atoms with Crippen LogP contribution in [0, 0.1) is 0 Å². The molecule has 1 aromatic carbocycles. The van der Waals surface area contributed by atoms with E-state index in [0.29, 0.717) is 10.6 Å². The number of carbonyl (C=O) groups excluding carboxylic acids is 1. The van der Waals surface area contributed by atoms with Crippen molar-refractivity contribution in [2.45, 2.75) is 18.9 Å². The van der Waals surface area contributed by atoms with E-state index in [1.165, 1.54) is 0 Å². The summed E-state index contributed by atoms with van der Waals surface area (Å²) < 4.78 is 0.749. The van der Waals surface area contributed by atoms with Gasteiger partial charge in [0.1, 0.15) is 0 Å². The maximum Gasteiger partial charge on any atom is 0.253 e. The van der Waals surface area contributed by atoms with Crippen molar-refractivity contribution in [2.24, 2.45) is 5.73 Å². The Labute approximate surface area is 114 Å². The number of carbonyl (C=O) groups is 1. The summed E-state index contributed by atoms with van der Waals surface area (Å²) in [5.41, 5.74) is 6.48. The maximum absolute atomic E-state index is 12.2. The van der Waals surface area contributed by atoms with Crippen molar-refractivity contribution in [3.8, 4) is 0 Å². The first-order valence-corrected chi connectivity index (χ1v) is 6.75. The summed E-state index contributed by atoms with van der Waals surface area (Å²) in [6.07, 6.45) is 1.75. The van der Waals surface area contributed by atoms with Crippen LogP contribution >= 0.6 is 27.5 Å². The Morgan fingerprint density at radius 1 is 1.41 bits per heavy atom. The van der Waals surface area contributed by atoms with Crippen LogP contribution in [0.4, 0.5) is 0 Å². The molecular formula is C12H14BrClN2O. The van der Waals surface area contributed by atoms with E-state index in [4.69, 9.17) is 17.3 Å². The van der Waals surface area contributed by atoms with Gasteiger partial charge in [-0.1, -0.05) is 11.6 Å². The molecule has 2 N–H and O–H groups in total. The molecule has 0 radical (unpaired) electrons. The molecule has 1 heterocycles. The van der Waals surface area contributed by atoms with Crippen LogP contribution in [0.25, 0.3) is 0 Å². The highest BCUT2D eigenvalue weighted by atomic mass is 79.9. The van der Waals surface area contributed by atoms with E-state index in [2.05, 4.69) is 15.9 Å². The number of hydrogen-bond donors (Lipinski definition) is 1. The first-order chi connectivity index (χ1) is 8.08. The van der Waals surface area contributed by atoms with E-state index in [-0.39, 0.29) is 11.9 Å². The molecule has 0 unspecified atom stereocenters. The fraction of sp³-hybridized carbons (Fsp3) is 0.417. The third kappa shape index (κ3) is 3.00. The molecule has 0 atom stereocenters. The largest absolute Gasteiger partial charge is 0.339 e. The average molecular weight is 318 g/mol. The standard InChI is InChI=1S/C12H14BrClN2O/c13-10-7-8(1-2-11(10)14)12(17)16-5-3-9(15)4-6-16/h1-2,7,9H,3-6,15H2. The van der Waals surface area contributed by atoms with Gasteiger partial charge in [-0.2, -0.15) is 0 Å². The second kappa shape index (κ2) is 5.38. The monoisotopic (exact) mass is 316 g/mol. The van der Waals surface area contributed by atoms with Crippen LogP contribution in [0.2, 0.25) is 5.02 Å². The zero-order valence-electron chi connectivity index (χ0n) is 9.33. The summed E-state index contributed by atoms with van der Waals surface area (Å²) in [6.45, 7) is 1.47. The van der Waals surface area contributed by atoms with E-state index >= 15 is 0 Å². The zero-order valence-corrected chi connectivity index (χ0v) is 11.7. The Morgan fingerprint density at radius 3 is 2.65 bits per heavy atom. The van der Waals surface area contributed by atoms with Crippen LogP contribution in [-0.2, 0) is 0 Å². The smallest absolute Gasteiger partial charge is 0.253 e. The Kier molecular flexibility index (Phi) is 4.07. The van der Waals surface area contributed by atoms with Gasteiger partial charge < -0.3 is 10.6 Å². The first kappa shape index (κ1) is 12.9. The van der Waals surface area contributed by atoms with Crippen molar-refractivity contribution in [3.05, 3.63) is 33.3 Å². The molecule has 0 spiro atoms. The number of halogens is 2. The lowest BCUT2D eigenvalue weighted by Gasteiger charge is -2.30. The molecule has 1 amide bonds. The third-order valence-electron chi connectivity index (χ3n) is 2.99. The molecule has 1 fully saturated rings. The summed E-state index contributed by atoms with van der Waals surface area (Å²) in [7, 11) is 0. The van der Waals surface area contributed by atoms with Gasteiger partial charge >= 0.3 is 0 Å². The SMILES string of the molecule is NC1CCN(C(=O)c2ccc(Cl)c(Br)c2)CC1. The molecule has 1 aliphatic heterocycles. The van der Waals surface area contributed by atoms with Gasteiger partial charge in [0.2, 0.25) is 0 Å². The van der Waals surface area contributed by atoms with Crippen molar-refractivity contribution in [2.75, 3.05) is 13.1 Å². The van der Waals surface area contributed by atoms with Gasteiger partial charge in [-0.3, -0.25) is 4.79 Å². The van der Waals surface area contributed by atoms with E-state index in [9.17, 15) is 4.79 Å². The number of rotatable bonds is 1. The molecule has 1 aliphatic rings. The lowest BCUT2D eigenvalue weighted by Crippen LogP contribution is -2.42. The number of amides is 1. The predicted octanol–water partition coefficient (Wildman–Crippen LogP) is 2.67. The first-order valence-electron chi connectivity index (χ1n) is 5.58. The van der Waals surface area contributed by atoms with Crippen molar-refractivity contribution < 1.29 is 4.79 Å². The number of nitrogens with two attached hydrogens (primary N) is 1. The number of benzene rings is 1. The predicted molar refractivity (Wildman–Crippen MR) is 72.3 cm³/mol. The summed E-state index contributed by atoms with van der Waals surface area (Å²) >= 11 is 9.23.